The van der Waals surface area contributed by atoms with E-state index in [1.165, 1.54) is 0 Å². The van der Waals surface area contributed by atoms with Crippen molar-refractivity contribution < 1.29 is 9.90 Å². The van der Waals surface area contributed by atoms with E-state index in [-0.39, 0.29) is 5.91 Å². The predicted octanol–water partition coefficient (Wildman–Crippen LogP) is 0.707. The molecule has 0 aliphatic rings. The van der Waals surface area contributed by atoms with Gasteiger partial charge >= 0.3 is 0 Å². The number of hydrogen-bond acceptors (Lipinski definition) is 4. The molecular weight excluding hydrogens is 218 g/mol. The summed E-state index contributed by atoms with van der Waals surface area (Å²) in [7, 11) is 3.47. The van der Waals surface area contributed by atoms with Crippen molar-refractivity contribution >= 4 is 11.7 Å². The predicted molar refractivity (Wildman–Crippen MR) is 66.8 cm³/mol. The number of carbonyl (C=O) groups excluding carboxylic acids is 1. The van der Waals surface area contributed by atoms with Gasteiger partial charge in [-0.1, -0.05) is 6.07 Å². The minimum atomic E-state index is -0.568. The number of aromatic nitrogens is 1. The lowest BCUT2D eigenvalue weighted by Gasteiger charge is -2.21. The van der Waals surface area contributed by atoms with Gasteiger partial charge in [-0.25, -0.2) is 4.98 Å². The average molecular weight is 237 g/mol. The number of nitrogens with zero attached hydrogens (tertiary/aromatic N) is 2. The van der Waals surface area contributed by atoms with Crippen LogP contribution in [-0.2, 0) is 4.79 Å². The van der Waals surface area contributed by atoms with E-state index in [9.17, 15) is 9.90 Å². The van der Waals surface area contributed by atoms with Crippen LogP contribution in [0.15, 0.2) is 18.3 Å². The summed E-state index contributed by atoms with van der Waals surface area (Å²) in [6.45, 7) is 2.27. The van der Waals surface area contributed by atoms with Gasteiger partial charge in [-0.3, -0.25) is 4.79 Å². The monoisotopic (exact) mass is 237 g/mol. The Bertz CT molecular complexity index is 380. The lowest BCUT2D eigenvalue weighted by Crippen LogP contribution is -2.27. The summed E-state index contributed by atoms with van der Waals surface area (Å²) < 4.78 is 0. The molecule has 1 amide bonds. The molecule has 2 N–H and O–H groups in total. The van der Waals surface area contributed by atoms with E-state index in [1.54, 1.807) is 26.2 Å². The van der Waals surface area contributed by atoms with Crippen LogP contribution in [0.2, 0.25) is 0 Å². The van der Waals surface area contributed by atoms with Crippen molar-refractivity contribution in [1.29, 1.82) is 0 Å². The molecule has 0 spiro atoms. The molecule has 1 heterocycles. The summed E-state index contributed by atoms with van der Waals surface area (Å²) in [6.07, 6.45) is 1.52. The van der Waals surface area contributed by atoms with Crippen LogP contribution in [0.25, 0.3) is 0 Å². The third-order valence-corrected chi connectivity index (χ3v) is 2.58. The molecule has 1 aromatic rings. The van der Waals surface area contributed by atoms with Gasteiger partial charge in [0.1, 0.15) is 5.82 Å². The highest BCUT2D eigenvalue weighted by atomic mass is 16.3. The molecule has 0 aliphatic heterocycles. The fraction of sp³-hybridized carbons (Fsp3) is 0.500. The highest BCUT2D eigenvalue weighted by Crippen LogP contribution is 2.22. The van der Waals surface area contributed by atoms with Gasteiger partial charge < -0.3 is 15.3 Å². The lowest BCUT2D eigenvalue weighted by molar-refractivity contribution is -0.120. The maximum Gasteiger partial charge on any atom is 0.221 e. The molecule has 5 heteroatoms. The SMILES string of the molecule is CNC(=O)CCN(C)c1ncccc1[C@@H](C)O. The molecular formula is C12H19N3O2. The number of pyridine rings is 1. The molecule has 0 aromatic carbocycles. The second-order valence-corrected chi connectivity index (χ2v) is 3.94. The van der Waals surface area contributed by atoms with Crippen molar-refractivity contribution in [2.45, 2.75) is 19.4 Å². The van der Waals surface area contributed by atoms with Crippen molar-refractivity contribution in [2.24, 2.45) is 0 Å². The van der Waals surface area contributed by atoms with Gasteiger partial charge in [-0.05, 0) is 13.0 Å². The normalized spacial score (nSPS) is 12.0. The molecule has 17 heavy (non-hydrogen) atoms. The van der Waals surface area contributed by atoms with Gasteiger partial charge in [0, 0.05) is 38.8 Å². The van der Waals surface area contributed by atoms with Crippen LogP contribution in [-0.4, -0.2) is 36.6 Å². The zero-order valence-electron chi connectivity index (χ0n) is 10.5. The molecule has 5 nitrogen and oxygen atoms in total. The Labute approximate surface area is 101 Å². The van der Waals surface area contributed by atoms with Crippen LogP contribution in [0, 0.1) is 0 Å². The minimum absolute atomic E-state index is 0.00798. The molecule has 1 aromatic heterocycles. The van der Waals surface area contributed by atoms with E-state index in [1.807, 2.05) is 18.0 Å². The van der Waals surface area contributed by atoms with Crippen LogP contribution < -0.4 is 10.2 Å². The van der Waals surface area contributed by atoms with Crippen LogP contribution in [0.4, 0.5) is 5.82 Å². The fourth-order valence-corrected chi connectivity index (χ4v) is 1.55. The maximum atomic E-state index is 11.2. The van der Waals surface area contributed by atoms with Gasteiger partial charge in [0.2, 0.25) is 5.91 Å². The van der Waals surface area contributed by atoms with Crippen molar-refractivity contribution in [3.63, 3.8) is 0 Å². The van der Waals surface area contributed by atoms with Gasteiger partial charge in [0.15, 0.2) is 0 Å². The first kappa shape index (κ1) is 13.4. The molecule has 0 saturated heterocycles. The van der Waals surface area contributed by atoms with E-state index in [0.717, 1.165) is 5.56 Å². The fourth-order valence-electron chi connectivity index (χ4n) is 1.55. The number of anilines is 1. The Morgan fingerprint density at radius 1 is 1.65 bits per heavy atom. The Morgan fingerprint density at radius 3 is 2.94 bits per heavy atom. The Morgan fingerprint density at radius 2 is 2.35 bits per heavy atom. The van der Waals surface area contributed by atoms with E-state index in [0.29, 0.717) is 18.8 Å². The number of nitrogens with one attached hydrogen (secondary N) is 1. The Balaban J connectivity index is 2.74. The van der Waals surface area contributed by atoms with E-state index in [2.05, 4.69) is 10.3 Å². The molecule has 0 unspecified atom stereocenters. The summed E-state index contributed by atoms with van der Waals surface area (Å²) >= 11 is 0. The Kier molecular flexibility index (Phi) is 4.90. The zero-order chi connectivity index (χ0) is 12.8. The van der Waals surface area contributed by atoms with Crippen LogP contribution >= 0.6 is 0 Å². The molecule has 0 aliphatic carbocycles. The highest BCUT2D eigenvalue weighted by Gasteiger charge is 2.13. The molecule has 0 radical (unpaired) electrons. The molecule has 1 atom stereocenters. The van der Waals surface area contributed by atoms with Gasteiger partial charge in [-0.2, -0.15) is 0 Å². The average Bonchev–Trinajstić information content (AvgIpc) is 2.35. The minimum Gasteiger partial charge on any atom is -0.389 e. The van der Waals surface area contributed by atoms with Gasteiger partial charge in [-0.15, -0.1) is 0 Å². The van der Waals surface area contributed by atoms with Crippen molar-refractivity contribution in [3.8, 4) is 0 Å². The summed E-state index contributed by atoms with van der Waals surface area (Å²) in [6, 6.07) is 3.63. The topological polar surface area (TPSA) is 65.5 Å². The lowest BCUT2D eigenvalue weighted by atomic mass is 10.1. The van der Waals surface area contributed by atoms with Gasteiger partial charge in [0.05, 0.1) is 6.10 Å². The molecule has 0 fully saturated rings. The van der Waals surface area contributed by atoms with Crippen molar-refractivity contribution in [3.05, 3.63) is 23.9 Å². The second-order valence-electron chi connectivity index (χ2n) is 3.94. The van der Waals surface area contributed by atoms with E-state index >= 15 is 0 Å². The number of rotatable bonds is 5. The van der Waals surface area contributed by atoms with Gasteiger partial charge in [0.25, 0.3) is 0 Å². The summed E-state index contributed by atoms with van der Waals surface area (Å²) in [5, 5.41) is 12.2. The first-order valence-corrected chi connectivity index (χ1v) is 5.61. The first-order chi connectivity index (χ1) is 8.06. The number of aliphatic hydroxyl groups excluding tert-OH is 1. The number of amides is 1. The standard InChI is InChI=1S/C12H19N3O2/c1-9(16)10-5-4-7-14-12(10)15(3)8-6-11(17)13-2/h4-5,7,9,16H,6,8H2,1-3H3,(H,13,17)/t9-/m1/s1. The van der Waals surface area contributed by atoms with Crippen LogP contribution in [0.3, 0.4) is 0 Å². The summed E-state index contributed by atoms with van der Waals surface area (Å²) in [5.41, 5.74) is 0.770. The number of hydrogen-bond donors (Lipinski definition) is 2. The van der Waals surface area contributed by atoms with Crippen LogP contribution in [0.1, 0.15) is 25.0 Å². The highest BCUT2D eigenvalue weighted by molar-refractivity contribution is 5.76. The van der Waals surface area contributed by atoms with E-state index < -0.39 is 6.10 Å². The summed E-state index contributed by atoms with van der Waals surface area (Å²) in [5.74, 6) is 0.706. The first-order valence-electron chi connectivity index (χ1n) is 5.61. The maximum absolute atomic E-state index is 11.2. The smallest absolute Gasteiger partial charge is 0.221 e. The third kappa shape index (κ3) is 3.71. The van der Waals surface area contributed by atoms with E-state index in [4.69, 9.17) is 0 Å². The number of aliphatic hydroxyl groups is 1. The summed E-state index contributed by atoms with van der Waals surface area (Å²) in [4.78, 5) is 17.3. The largest absolute Gasteiger partial charge is 0.389 e. The molecule has 1 rings (SSSR count). The molecule has 0 saturated carbocycles. The second kappa shape index (κ2) is 6.20. The van der Waals surface area contributed by atoms with Crippen LogP contribution in [0.5, 0.6) is 0 Å². The van der Waals surface area contributed by atoms with Crippen molar-refractivity contribution in [1.82, 2.24) is 10.3 Å². The quantitative estimate of drug-likeness (QED) is 0.791. The molecule has 0 bridgehead atoms. The van der Waals surface area contributed by atoms with Crippen molar-refractivity contribution in [2.75, 3.05) is 25.5 Å². The zero-order valence-corrected chi connectivity index (χ0v) is 10.5. The molecule has 94 valence electrons. The Hall–Kier alpha value is -1.62. The number of carbonyl (C=O) groups is 1. The third-order valence-electron chi connectivity index (χ3n) is 2.58.